The molecule has 0 rings (SSSR count). The van der Waals surface area contributed by atoms with E-state index in [1.54, 1.807) is 0 Å². The zero-order valence-corrected chi connectivity index (χ0v) is 9.68. The van der Waals surface area contributed by atoms with Crippen LogP contribution in [0.1, 0.15) is 59.3 Å². The second kappa shape index (κ2) is 10.0. The summed E-state index contributed by atoms with van der Waals surface area (Å²) in [5.74, 6) is 0. The molecule has 0 saturated carbocycles. The quantitative estimate of drug-likeness (QED) is 0.492. The summed E-state index contributed by atoms with van der Waals surface area (Å²) in [7, 11) is 0. The van der Waals surface area contributed by atoms with E-state index >= 15 is 0 Å². The fraction of sp³-hybridized carbons (Fsp3) is 0.917. The maximum Gasteiger partial charge on any atom is 0.0220 e. The summed E-state index contributed by atoms with van der Waals surface area (Å²) in [6.45, 7) is 11.4. The highest BCUT2D eigenvalue weighted by Gasteiger charge is 2.00. The molecule has 0 saturated heterocycles. The van der Waals surface area contributed by atoms with Gasteiger partial charge in [0.25, 0.3) is 0 Å². The summed E-state index contributed by atoms with van der Waals surface area (Å²) in [6, 6.07) is 0. The van der Waals surface area contributed by atoms with Gasteiger partial charge in [-0.05, 0) is 32.9 Å². The average Bonchev–Trinajstić information content (AvgIpc) is 2.16. The van der Waals surface area contributed by atoms with Crippen molar-refractivity contribution in [2.75, 3.05) is 13.1 Å². The van der Waals surface area contributed by atoms with Crippen molar-refractivity contribution < 1.29 is 0 Å². The van der Waals surface area contributed by atoms with Gasteiger partial charge < -0.3 is 0 Å². The first-order valence-corrected chi connectivity index (χ1v) is 5.88. The summed E-state index contributed by atoms with van der Waals surface area (Å²) >= 11 is 0. The first-order chi connectivity index (χ1) is 6.35. The van der Waals surface area contributed by atoms with Crippen molar-refractivity contribution in [1.82, 2.24) is 4.90 Å². The minimum Gasteiger partial charge on any atom is -0.299 e. The standard InChI is InChI=1S/C12H26N/c1-4-7-9-11-13(6-3)12-10-8-5-2/h6H,4-5,7-12H2,1-3H3. The molecule has 0 N–H and O–H groups in total. The molecule has 0 aromatic carbocycles. The highest BCUT2D eigenvalue weighted by atomic mass is 15.1. The normalized spacial score (nSPS) is 11.1. The van der Waals surface area contributed by atoms with Gasteiger partial charge in [0.15, 0.2) is 0 Å². The Morgan fingerprint density at radius 3 is 1.62 bits per heavy atom. The van der Waals surface area contributed by atoms with Gasteiger partial charge in [0.05, 0.1) is 0 Å². The van der Waals surface area contributed by atoms with Crippen LogP contribution in [0.3, 0.4) is 0 Å². The first kappa shape index (κ1) is 13.0. The second-order valence-corrected chi connectivity index (χ2v) is 3.71. The lowest BCUT2D eigenvalue weighted by molar-refractivity contribution is 0.320. The highest BCUT2D eigenvalue weighted by molar-refractivity contribution is 4.63. The van der Waals surface area contributed by atoms with E-state index in [1.165, 1.54) is 51.6 Å². The van der Waals surface area contributed by atoms with Crippen molar-refractivity contribution in [2.45, 2.75) is 59.3 Å². The number of hydrogen-bond donors (Lipinski definition) is 0. The van der Waals surface area contributed by atoms with E-state index in [1.807, 2.05) is 0 Å². The van der Waals surface area contributed by atoms with Crippen LogP contribution in [0.2, 0.25) is 0 Å². The molecule has 0 aromatic rings. The predicted octanol–water partition coefficient (Wildman–Crippen LogP) is 3.85. The van der Waals surface area contributed by atoms with Crippen LogP contribution < -0.4 is 0 Å². The molecule has 0 aliphatic carbocycles. The fourth-order valence-electron chi connectivity index (χ4n) is 1.50. The third-order valence-corrected chi connectivity index (χ3v) is 2.46. The molecule has 0 unspecified atom stereocenters. The van der Waals surface area contributed by atoms with Crippen LogP contribution in [0.25, 0.3) is 0 Å². The number of hydrogen-bond acceptors (Lipinski definition) is 1. The monoisotopic (exact) mass is 184 g/mol. The van der Waals surface area contributed by atoms with Crippen LogP contribution in [0.15, 0.2) is 0 Å². The van der Waals surface area contributed by atoms with E-state index in [0.29, 0.717) is 0 Å². The Morgan fingerprint density at radius 2 is 1.31 bits per heavy atom. The highest BCUT2D eigenvalue weighted by Crippen LogP contribution is 2.03. The van der Waals surface area contributed by atoms with Gasteiger partial charge in [-0.1, -0.05) is 39.5 Å². The number of rotatable bonds is 9. The molecule has 0 aromatic heterocycles. The van der Waals surface area contributed by atoms with Gasteiger partial charge in [-0.2, -0.15) is 0 Å². The smallest absolute Gasteiger partial charge is 0.0220 e. The molecular formula is C12H26N. The van der Waals surface area contributed by atoms with Gasteiger partial charge in [0.1, 0.15) is 0 Å². The zero-order valence-electron chi connectivity index (χ0n) is 9.68. The molecule has 13 heavy (non-hydrogen) atoms. The minimum absolute atomic E-state index is 1.26. The molecule has 1 nitrogen and oxygen atoms in total. The summed E-state index contributed by atoms with van der Waals surface area (Å²) in [5.41, 5.74) is 0. The largest absolute Gasteiger partial charge is 0.299 e. The topological polar surface area (TPSA) is 3.24 Å². The molecule has 0 amide bonds. The Morgan fingerprint density at radius 1 is 0.846 bits per heavy atom. The Kier molecular flexibility index (Phi) is 10.0. The van der Waals surface area contributed by atoms with E-state index < -0.39 is 0 Å². The number of nitrogens with zero attached hydrogens (tertiary/aromatic N) is 1. The molecule has 0 fully saturated rings. The lowest BCUT2D eigenvalue weighted by Gasteiger charge is -2.19. The molecule has 0 aliphatic rings. The van der Waals surface area contributed by atoms with Crippen molar-refractivity contribution in [3.05, 3.63) is 6.54 Å². The lowest BCUT2D eigenvalue weighted by Crippen LogP contribution is -2.22. The average molecular weight is 184 g/mol. The van der Waals surface area contributed by atoms with Crippen molar-refractivity contribution in [3.63, 3.8) is 0 Å². The van der Waals surface area contributed by atoms with Crippen LogP contribution in [-0.4, -0.2) is 18.0 Å². The van der Waals surface area contributed by atoms with Crippen LogP contribution in [0, 0.1) is 6.54 Å². The van der Waals surface area contributed by atoms with Gasteiger partial charge in [-0.25, -0.2) is 0 Å². The molecule has 0 heterocycles. The van der Waals surface area contributed by atoms with E-state index in [4.69, 9.17) is 0 Å². The summed E-state index contributed by atoms with van der Waals surface area (Å²) < 4.78 is 0. The van der Waals surface area contributed by atoms with Crippen LogP contribution in [0.5, 0.6) is 0 Å². The first-order valence-electron chi connectivity index (χ1n) is 5.88. The second-order valence-electron chi connectivity index (χ2n) is 3.71. The van der Waals surface area contributed by atoms with Crippen LogP contribution in [-0.2, 0) is 0 Å². The molecule has 0 spiro atoms. The fourth-order valence-corrected chi connectivity index (χ4v) is 1.50. The molecule has 0 atom stereocenters. The minimum atomic E-state index is 1.26. The van der Waals surface area contributed by atoms with Gasteiger partial charge >= 0.3 is 0 Å². The van der Waals surface area contributed by atoms with E-state index in [0.717, 1.165) is 0 Å². The zero-order chi connectivity index (χ0) is 9.94. The molecule has 1 radical (unpaired) electrons. The van der Waals surface area contributed by atoms with Crippen molar-refractivity contribution >= 4 is 0 Å². The molecular weight excluding hydrogens is 158 g/mol. The van der Waals surface area contributed by atoms with Crippen molar-refractivity contribution in [3.8, 4) is 0 Å². The van der Waals surface area contributed by atoms with Gasteiger partial charge in [0.2, 0.25) is 0 Å². The summed E-state index contributed by atoms with van der Waals surface area (Å²) in [5, 5.41) is 0. The Bertz CT molecular complexity index is 81.1. The Balaban J connectivity index is 3.28. The van der Waals surface area contributed by atoms with E-state index in [-0.39, 0.29) is 0 Å². The van der Waals surface area contributed by atoms with Crippen LogP contribution >= 0.6 is 0 Å². The van der Waals surface area contributed by atoms with Crippen LogP contribution in [0.4, 0.5) is 0 Å². The Hall–Kier alpha value is -0.0400. The van der Waals surface area contributed by atoms with Gasteiger partial charge in [0, 0.05) is 6.54 Å². The van der Waals surface area contributed by atoms with E-state index in [9.17, 15) is 0 Å². The van der Waals surface area contributed by atoms with E-state index in [2.05, 4.69) is 32.2 Å². The third-order valence-electron chi connectivity index (χ3n) is 2.46. The molecule has 0 aliphatic heterocycles. The van der Waals surface area contributed by atoms with Gasteiger partial charge in [-0.15, -0.1) is 0 Å². The number of unbranched alkanes of at least 4 members (excludes halogenated alkanes) is 4. The molecule has 79 valence electrons. The SMILES string of the molecule is C[CH]N(CCCCC)CCCCC. The maximum atomic E-state index is 2.46. The predicted molar refractivity (Wildman–Crippen MR) is 60.6 cm³/mol. The Labute approximate surface area is 84.5 Å². The molecule has 0 bridgehead atoms. The van der Waals surface area contributed by atoms with Crippen molar-refractivity contribution in [1.29, 1.82) is 0 Å². The summed E-state index contributed by atoms with van der Waals surface area (Å²) in [4.78, 5) is 2.46. The van der Waals surface area contributed by atoms with Gasteiger partial charge in [-0.3, -0.25) is 4.90 Å². The van der Waals surface area contributed by atoms with Crippen molar-refractivity contribution in [2.24, 2.45) is 0 Å². The lowest BCUT2D eigenvalue weighted by atomic mass is 10.2. The summed E-state index contributed by atoms with van der Waals surface area (Å²) in [6.07, 6.45) is 8.11. The maximum absolute atomic E-state index is 2.46. The third kappa shape index (κ3) is 8.29. The molecule has 1 heteroatoms.